The molecule has 0 aromatic carbocycles. The highest BCUT2D eigenvalue weighted by Crippen LogP contribution is 2.28. The fraction of sp³-hybridized carbons (Fsp3) is 0.333. The third kappa shape index (κ3) is 4.05. The Kier molecular flexibility index (Phi) is 5.21. The molecule has 3 aromatic heterocycles. The molecule has 3 aromatic rings. The second kappa shape index (κ2) is 7.45. The van der Waals surface area contributed by atoms with Crippen molar-refractivity contribution in [1.82, 2.24) is 25.2 Å². The van der Waals surface area contributed by atoms with Crippen LogP contribution in [0.1, 0.15) is 47.5 Å². The van der Waals surface area contributed by atoms with Crippen molar-refractivity contribution in [3.05, 3.63) is 53.3 Å². The average molecular weight is 393 g/mol. The number of aryl methyl sites for hydroxylation is 2. The van der Waals surface area contributed by atoms with Crippen molar-refractivity contribution >= 4 is 5.91 Å². The Bertz CT molecular complexity index is 993. The molecule has 28 heavy (non-hydrogen) atoms. The van der Waals surface area contributed by atoms with Gasteiger partial charge in [0.2, 0.25) is 0 Å². The van der Waals surface area contributed by atoms with Gasteiger partial charge < -0.3 is 9.84 Å². The van der Waals surface area contributed by atoms with E-state index in [0.717, 1.165) is 22.4 Å². The van der Waals surface area contributed by atoms with Gasteiger partial charge in [-0.25, -0.2) is 0 Å². The van der Waals surface area contributed by atoms with Crippen molar-refractivity contribution < 1.29 is 22.5 Å². The Labute approximate surface area is 158 Å². The highest BCUT2D eigenvalue weighted by molar-refractivity contribution is 5.92. The highest BCUT2D eigenvalue weighted by Gasteiger charge is 2.35. The second-order valence-corrected chi connectivity index (χ2v) is 6.24. The summed E-state index contributed by atoms with van der Waals surface area (Å²) in [5.74, 6) is -0.329. The largest absolute Gasteiger partial charge is 0.435 e. The molecule has 1 N–H and O–H groups in total. The number of hydrogen-bond donors (Lipinski definition) is 1. The first-order valence-electron chi connectivity index (χ1n) is 8.53. The van der Waals surface area contributed by atoms with E-state index in [0.29, 0.717) is 17.5 Å². The van der Waals surface area contributed by atoms with Gasteiger partial charge in [0.1, 0.15) is 11.4 Å². The molecule has 0 bridgehead atoms. The first kappa shape index (κ1) is 19.6. The van der Waals surface area contributed by atoms with Crippen LogP contribution in [0.15, 0.2) is 35.0 Å². The lowest BCUT2D eigenvalue weighted by Gasteiger charge is -2.10. The summed E-state index contributed by atoms with van der Waals surface area (Å²) >= 11 is 0. The lowest BCUT2D eigenvalue weighted by atomic mass is 10.1. The minimum Gasteiger partial charge on any atom is -0.359 e. The quantitative estimate of drug-likeness (QED) is 0.717. The van der Waals surface area contributed by atoms with Crippen LogP contribution in [0.25, 0.3) is 11.3 Å². The Hall–Kier alpha value is -3.17. The summed E-state index contributed by atoms with van der Waals surface area (Å²) < 4.78 is 44.4. The monoisotopic (exact) mass is 393 g/mol. The minimum atomic E-state index is -4.62. The number of nitrogens with zero attached hydrogens (tertiary/aromatic N) is 4. The van der Waals surface area contributed by atoms with Gasteiger partial charge in [0.25, 0.3) is 5.91 Å². The van der Waals surface area contributed by atoms with E-state index < -0.39 is 23.8 Å². The molecule has 0 aliphatic heterocycles. The van der Waals surface area contributed by atoms with Gasteiger partial charge in [-0.2, -0.15) is 18.3 Å². The van der Waals surface area contributed by atoms with Crippen LogP contribution in [0.2, 0.25) is 0 Å². The van der Waals surface area contributed by atoms with Crippen molar-refractivity contribution in [2.45, 2.75) is 32.5 Å². The fourth-order valence-electron chi connectivity index (χ4n) is 2.62. The van der Waals surface area contributed by atoms with Crippen LogP contribution in [0.5, 0.6) is 0 Å². The molecule has 0 aliphatic carbocycles. The Morgan fingerprint density at radius 1 is 1.32 bits per heavy atom. The number of amides is 1. The van der Waals surface area contributed by atoms with Crippen LogP contribution >= 0.6 is 0 Å². The van der Waals surface area contributed by atoms with Crippen LogP contribution in [0.3, 0.4) is 0 Å². The molecule has 0 aliphatic rings. The standard InChI is InChI=1S/C18H18F3N5O2/c1-4-12-7-11(5-6-22-12)13-8-15(28-25-13)10(2)23-17(27)14-9-16(18(19,20)21)24-26(14)3/h5-10H,4H2,1-3H3,(H,23,27)/t10-/m0/s1. The van der Waals surface area contributed by atoms with Crippen molar-refractivity contribution in [1.29, 1.82) is 0 Å². The zero-order valence-corrected chi connectivity index (χ0v) is 15.4. The van der Waals surface area contributed by atoms with Crippen molar-refractivity contribution in [2.24, 2.45) is 7.05 Å². The molecule has 0 fully saturated rings. The second-order valence-electron chi connectivity index (χ2n) is 6.24. The fourth-order valence-corrected chi connectivity index (χ4v) is 2.62. The van der Waals surface area contributed by atoms with Gasteiger partial charge in [-0.15, -0.1) is 0 Å². The van der Waals surface area contributed by atoms with E-state index in [-0.39, 0.29) is 5.69 Å². The average Bonchev–Trinajstić information content (AvgIpc) is 3.28. The Morgan fingerprint density at radius 3 is 2.71 bits per heavy atom. The van der Waals surface area contributed by atoms with Crippen molar-refractivity contribution in [2.75, 3.05) is 0 Å². The summed E-state index contributed by atoms with van der Waals surface area (Å²) in [6.07, 6.45) is -2.17. The van der Waals surface area contributed by atoms with Crippen LogP contribution in [-0.4, -0.2) is 25.8 Å². The van der Waals surface area contributed by atoms with Gasteiger partial charge in [-0.05, 0) is 25.5 Å². The number of nitrogens with one attached hydrogen (secondary N) is 1. The van der Waals surface area contributed by atoms with E-state index in [1.807, 2.05) is 13.0 Å². The summed E-state index contributed by atoms with van der Waals surface area (Å²) in [7, 11) is 1.27. The molecule has 0 saturated heterocycles. The maximum Gasteiger partial charge on any atom is 0.435 e. The normalized spacial score (nSPS) is 12.8. The van der Waals surface area contributed by atoms with Gasteiger partial charge in [0.15, 0.2) is 11.5 Å². The number of rotatable bonds is 5. The summed E-state index contributed by atoms with van der Waals surface area (Å²) in [4.78, 5) is 16.6. The summed E-state index contributed by atoms with van der Waals surface area (Å²) in [6, 6.07) is 5.45. The summed E-state index contributed by atoms with van der Waals surface area (Å²) in [5.41, 5.74) is 0.967. The highest BCUT2D eigenvalue weighted by atomic mass is 19.4. The summed E-state index contributed by atoms with van der Waals surface area (Å²) in [5, 5.41) is 9.92. The number of pyridine rings is 1. The molecule has 3 heterocycles. The van der Waals surface area contributed by atoms with E-state index in [4.69, 9.17) is 4.52 Å². The van der Waals surface area contributed by atoms with Gasteiger partial charge in [0, 0.05) is 36.6 Å². The van der Waals surface area contributed by atoms with Gasteiger partial charge in [-0.1, -0.05) is 12.1 Å². The molecule has 0 radical (unpaired) electrons. The Morgan fingerprint density at radius 2 is 2.07 bits per heavy atom. The topological polar surface area (TPSA) is 85.8 Å². The maximum absolute atomic E-state index is 12.8. The Balaban J connectivity index is 1.75. The minimum absolute atomic E-state index is 0.208. The van der Waals surface area contributed by atoms with Crippen LogP contribution in [0, 0.1) is 0 Å². The van der Waals surface area contributed by atoms with Gasteiger partial charge in [-0.3, -0.25) is 14.5 Å². The van der Waals surface area contributed by atoms with E-state index >= 15 is 0 Å². The first-order valence-corrected chi connectivity index (χ1v) is 8.53. The molecular weight excluding hydrogens is 375 g/mol. The molecule has 7 nitrogen and oxygen atoms in total. The number of alkyl halides is 3. The zero-order chi connectivity index (χ0) is 20.5. The van der Waals surface area contributed by atoms with Crippen LogP contribution < -0.4 is 5.32 Å². The molecule has 1 amide bonds. The molecular formula is C18H18F3N5O2. The first-order chi connectivity index (χ1) is 13.2. The van der Waals surface area contributed by atoms with Crippen LogP contribution in [-0.2, 0) is 19.6 Å². The number of aromatic nitrogens is 4. The van der Waals surface area contributed by atoms with Crippen molar-refractivity contribution in [3.63, 3.8) is 0 Å². The van der Waals surface area contributed by atoms with E-state index in [1.165, 1.54) is 7.05 Å². The third-order valence-electron chi connectivity index (χ3n) is 4.18. The predicted octanol–water partition coefficient (Wildman–Crippen LogP) is 3.54. The number of carbonyl (C=O) groups excluding carboxylic acids is 1. The molecule has 1 atom stereocenters. The van der Waals surface area contributed by atoms with E-state index in [9.17, 15) is 18.0 Å². The molecule has 0 spiro atoms. The number of hydrogen-bond acceptors (Lipinski definition) is 5. The lowest BCUT2D eigenvalue weighted by Crippen LogP contribution is -2.28. The van der Waals surface area contributed by atoms with Gasteiger partial charge >= 0.3 is 6.18 Å². The third-order valence-corrected chi connectivity index (χ3v) is 4.18. The van der Waals surface area contributed by atoms with E-state index in [1.54, 1.807) is 25.3 Å². The van der Waals surface area contributed by atoms with Gasteiger partial charge in [0.05, 0.1) is 6.04 Å². The van der Waals surface area contributed by atoms with Crippen LogP contribution in [0.4, 0.5) is 13.2 Å². The smallest absolute Gasteiger partial charge is 0.359 e. The van der Waals surface area contributed by atoms with Crippen molar-refractivity contribution in [3.8, 4) is 11.3 Å². The zero-order valence-electron chi connectivity index (χ0n) is 15.4. The maximum atomic E-state index is 12.8. The number of carbonyl (C=O) groups is 1. The molecule has 3 rings (SSSR count). The molecule has 0 saturated carbocycles. The SMILES string of the molecule is CCc1cc(-c2cc([C@H](C)NC(=O)c3cc(C(F)(F)F)nn3C)on2)ccn1. The predicted molar refractivity (Wildman–Crippen MR) is 93.2 cm³/mol. The molecule has 10 heteroatoms. The molecule has 148 valence electrons. The van der Waals surface area contributed by atoms with E-state index in [2.05, 4.69) is 20.6 Å². The molecule has 0 unspecified atom stereocenters. The lowest BCUT2D eigenvalue weighted by molar-refractivity contribution is -0.141. The summed E-state index contributed by atoms with van der Waals surface area (Å²) in [6.45, 7) is 3.63. The number of halogens is 3.